The average molecular weight is 416 g/mol. The summed E-state index contributed by atoms with van der Waals surface area (Å²) in [6.45, 7) is 1.80. The van der Waals surface area contributed by atoms with Gasteiger partial charge in [-0.25, -0.2) is 4.79 Å². The minimum absolute atomic E-state index is 0.231. The summed E-state index contributed by atoms with van der Waals surface area (Å²) in [7, 11) is 1.59. The molecule has 4 nitrogen and oxygen atoms in total. The molecule has 0 aromatic heterocycles. The second-order valence-corrected chi connectivity index (χ2v) is 6.01. The second kappa shape index (κ2) is 6.49. The molecule has 0 fully saturated rings. The number of rotatable bonds is 4. The summed E-state index contributed by atoms with van der Waals surface area (Å²) < 4.78 is 12.5. The van der Waals surface area contributed by atoms with Crippen LogP contribution in [0, 0.1) is 6.92 Å². The predicted octanol–water partition coefficient (Wildman–Crippen LogP) is 5.02. The fourth-order valence-corrected chi connectivity index (χ4v) is 2.65. The van der Waals surface area contributed by atoms with Crippen molar-refractivity contribution in [2.45, 2.75) is 6.92 Å². The van der Waals surface area contributed by atoms with Crippen LogP contribution in [-0.4, -0.2) is 18.2 Å². The van der Waals surface area contributed by atoms with Gasteiger partial charge in [-0.1, -0.05) is 0 Å². The van der Waals surface area contributed by atoms with Crippen molar-refractivity contribution in [2.24, 2.45) is 0 Å². The SMILES string of the molecule is COc1cc(Br)c(Oc2ccc(C(=O)O)cc2C)cc1Br. The number of halogens is 2. The molecule has 0 aliphatic rings. The Morgan fingerprint density at radius 3 is 2.24 bits per heavy atom. The van der Waals surface area contributed by atoms with Crippen molar-refractivity contribution < 1.29 is 19.4 Å². The summed E-state index contributed by atoms with van der Waals surface area (Å²) >= 11 is 6.82. The van der Waals surface area contributed by atoms with Crippen molar-refractivity contribution in [3.05, 3.63) is 50.4 Å². The third-order valence-electron chi connectivity index (χ3n) is 2.85. The fourth-order valence-electron chi connectivity index (χ4n) is 1.76. The van der Waals surface area contributed by atoms with Crippen LogP contribution < -0.4 is 9.47 Å². The Morgan fingerprint density at radius 2 is 1.67 bits per heavy atom. The van der Waals surface area contributed by atoms with E-state index in [-0.39, 0.29) is 5.56 Å². The molecule has 6 heteroatoms. The van der Waals surface area contributed by atoms with Crippen molar-refractivity contribution in [3.8, 4) is 17.2 Å². The lowest BCUT2D eigenvalue weighted by atomic mass is 10.1. The molecule has 0 bridgehead atoms. The molecule has 21 heavy (non-hydrogen) atoms. The summed E-state index contributed by atoms with van der Waals surface area (Å²) in [5.41, 5.74) is 0.976. The molecule has 0 unspecified atom stereocenters. The van der Waals surface area contributed by atoms with E-state index in [4.69, 9.17) is 14.6 Å². The van der Waals surface area contributed by atoms with Crippen LogP contribution in [0.4, 0.5) is 0 Å². The van der Waals surface area contributed by atoms with E-state index in [9.17, 15) is 4.79 Å². The summed E-state index contributed by atoms with van der Waals surface area (Å²) in [4.78, 5) is 10.9. The predicted molar refractivity (Wildman–Crippen MR) is 86.6 cm³/mol. The highest BCUT2D eigenvalue weighted by molar-refractivity contribution is 9.11. The number of aryl methyl sites for hydroxylation is 1. The second-order valence-electron chi connectivity index (χ2n) is 4.30. The lowest BCUT2D eigenvalue weighted by Gasteiger charge is -2.13. The van der Waals surface area contributed by atoms with Gasteiger partial charge in [-0.15, -0.1) is 0 Å². The first-order valence-corrected chi connectivity index (χ1v) is 7.56. The molecular weight excluding hydrogens is 404 g/mol. The fraction of sp³-hybridized carbons (Fsp3) is 0.133. The molecule has 2 rings (SSSR count). The third-order valence-corrected chi connectivity index (χ3v) is 4.09. The molecule has 0 heterocycles. The van der Waals surface area contributed by atoms with E-state index < -0.39 is 5.97 Å². The lowest BCUT2D eigenvalue weighted by molar-refractivity contribution is 0.0697. The van der Waals surface area contributed by atoms with E-state index in [0.717, 1.165) is 14.5 Å². The molecular formula is C15H12Br2O4. The van der Waals surface area contributed by atoms with Crippen LogP contribution in [0.2, 0.25) is 0 Å². The smallest absolute Gasteiger partial charge is 0.335 e. The number of methoxy groups -OCH3 is 1. The molecule has 1 N–H and O–H groups in total. The van der Waals surface area contributed by atoms with Gasteiger partial charge in [0.15, 0.2) is 0 Å². The zero-order valence-corrected chi connectivity index (χ0v) is 14.5. The van der Waals surface area contributed by atoms with E-state index in [2.05, 4.69) is 31.9 Å². The summed E-state index contributed by atoms with van der Waals surface area (Å²) in [5, 5.41) is 8.96. The van der Waals surface area contributed by atoms with Crippen LogP contribution in [0.15, 0.2) is 39.3 Å². The van der Waals surface area contributed by atoms with Gasteiger partial charge in [0, 0.05) is 0 Å². The lowest BCUT2D eigenvalue weighted by Crippen LogP contribution is -1.98. The average Bonchev–Trinajstić information content (AvgIpc) is 2.44. The maximum absolute atomic E-state index is 10.9. The topological polar surface area (TPSA) is 55.8 Å². The van der Waals surface area contributed by atoms with Gasteiger partial charge in [0.1, 0.15) is 17.2 Å². The Kier molecular flexibility index (Phi) is 4.90. The Bertz CT molecular complexity index is 698. The van der Waals surface area contributed by atoms with Gasteiger partial charge in [-0.3, -0.25) is 0 Å². The number of carboxylic acid groups (broad SMARTS) is 1. The first kappa shape index (κ1) is 15.9. The van der Waals surface area contributed by atoms with Crippen LogP contribution in [-0.2, 0) is 0 Å². The molecule has 2 aromatic rings. The van der Waals surface area contributed by atoms with Gasteiger partial charge in [0.05, 0.1) is 21.6 Å². The van der Waals surface area contributed by atoms with Crippen LogP contribution in [0.5, 0.6) is 17.2 Å². The van der Waals surface area contributed by atoms with Crippen molar-refractivity contribution in [3.63, 3.8) is 0 Å². The normalized spacial score (nSPS) is 10.3. The summed E-state index contributed by atoms with van der Waals surface area (Å²) in [6.07, 6.45) is 0. The molecule has 0 amide bonds. The molecule has 0 radical (unpaired) electrons. The zero-order valence-electron chi connectivity index (χ0n) is 11.3. The Morgan fingerprint density at radius 1 is 1.05 bits per heavy atom. The van der Waals surface area contributed by atoms with E-state index in [1.807, 2.05) is 0 Å². The highest BCUT2D eigenvalue weighted by atomic mass is 79.9. The van der Waals surface area contributed by atoms with E-state index in [1.54, 1.807) is 38.3 Å². The molecule has 0 atom stereocenters. The number of ether oxygens (including phenoxy) is 2. The largest absolute Gasteiger partial charge is 0.496 e. The van der Waals surface area contributed by atoms with Crippen LogP contribution >= 0.6 is 31.9 Å². The summed E-state index contributed by atoms with van der Waals surface area (Å²) in [6, 6.07) is 8.30. The third kappa shape index (κ3) is 3.57. The van der Waals surface area contributed by atoms with Crippen LogP contribution in [0.25, 0.3) is 0 Å². The molecule has 0 saturated carbocycles. The number of hydrogen-bond acceptors (Lipinski definition) is 3. The number of carbonyl (C=O) groups is 1. The van der Waals surface area contributed by atoms with Crippen molar-refractivity contribution in [2.75, 3.05) is 7.11 Å². The number of carboxylic acids is 1. The van der Waals surface area contributed by atoms with Crippen molar-refractivity contribution in [1.82, 2.24) is 0 Å². The Balaban J connectivity index is 2.34. The number of benzene rings is 2. The highest BCUT2D eigenvalue weighted by Gasteiger charge is 2.12. The van der Waals surface area contributed by atoms with Gasteiger partial charge < -0.3 is 14.6 Å². The molecule has 0 saturated heterocycles. The van der Waals surface area contributed by atoms with Gasteiger partial charge in [0.2, 0.25) is 0 Å². The van der Waals surface area contributed by atoms with Crippen molar-refractivity contribution in [1.29, 1.82) is 0 Å². The minimum Gasteiger partial charge on any atom is -0.496 e. The van der Waals surface area contributed by atoms with Crippen LogP contribution in [0.1, 0.15) is 15.9 Å². The first-order chi connectivity index (χ1) is 9.92. The maximum Gasteiger partial charge on any atom is 0.335 e. The van der Waals surface area contributed by atoms with E-state index in [1.165, 1.54) is 6.07 Å². The van der Waals surface area contributed by atoms with Gasteiger partial charge >= 0.3 is 5.97 Å². The van der Waals surface area contributed by atoms with Gasteiger partial charge in [-0.2, -0.15) is 0 Å². The van der Waals surface area contributed by atoms with Gasteiger partial charge in [0.25, 0.3) is 0 Å². The minimum atomic E-state index is -0.960. The maximum atomic E-state index is 10.9. The standard InChI is InChI=1S/C15H12Br2O4/c1-8-5-9(15(18)19)3-4-12(8)21-14-7-10(16)13(20-2)6-11(14)17/h3-7H,1-2H3,(H,18,19). The van der Waals surface area contributed by atoms with E-state index in [0.29, 0.717) is 17.2 Å². The molecule has 0 aliphatic carbocycles. The molecule has 0 spiro atoms. The quantitative estimate of drug-likeness (QED) is 0.761. The van der Waals surface area contributed by atoms with Crippen LogP contribution in [0.3, 0.4) is 0 Å². The van der Waals surface area contributed by atoms with E-state index >= 15 is 0 Å². The summed E-state index contributed by atoms with van der Waals surface area (Å²) in [5.74, 6) is 0.928. The molecule has 2 aromatic carbocycles. The number of aromatic carboxylic acids is 1. The highest BCUT2D eigenvalue weighted by Crippen LogP contribution is 2.38. The Hall–Kier alpha value is -1.53. The molecule has 0 aliphatic heterocycles. The Labute approximate surface area is 139 Å². The molecule has 110 valence electrons. The first-order valence-electron chi connectivity index (χ1n) is 5.97. The van der Waals surface area contributed by atoms with Crippen molar-refractivity contribution >= 4 is 37.8 Å². The monoisotopic (exact) mass is 414 g/mol. The van der Waals surface area contributed by atoms with Gasteiger partial charge in [-0.05, 0) is 74.7 Å². The zero-order chi connectivity index (χ0) is 15.6. The number of hydrogen-bond donors (Lipinski definition) is 1.